The molecule has 158 valence electrons. The molecule has 5 heteroatoms. The molecular weight excluding hydrogens is 460 g/mol. The number of rotatable bonds is 6. The van der Waals surface area contributed by atoms with Crippen LogP contribution in [-0.2, 0) is 6.54 Å². The second-order valence-electron chi connectivity index (χ2n) is 7.50. The minimum atomic E-state index is 0. The molecule has 0 aromatic heterocycles. The van der Waals surface area contributed by atoms with Crippen LogP contribution in [-0.4, -0.2) is 49.6 Å². The highest BCUT2D eigenvalue weighted by atomic mass is 79.9. The summed E-state index contributed by atoms with van der Waals surface area (Å²) in [6.45, 7) is 6.28. The zero-order chi connectivity index (χ0) is 20.1. The van der Waals surface area contributed by atoms with Gasteiger partial charge in [-0.05, 0) is 34.5 Å². The second kappa shape index (κ2) is 11.0. The van der Waals surface area contributed by atoms with Crippen molar-refractivity contribution in [2.24, 2.45) is 0 Å². The van der Waals surface area contributed by atoms with Crippen molar-refractivity contribution < 1.29 is 4.74 Å². The van der Waals surface area contributed by atoms with Crippen molar-refractivity contribution in [3.63, 3.8) is 0 Å². The van der Waals surface area contributed by atoms with Gasteiger partial charge in [-0.3, -0.25) is 9.80 Å². The molecule has 3 aromatic rings. The number of benzene rings is 3. The standard InChI is InChI=1S/C25H27BrN2O.ClH/c1-29-25-12-11-21-8-2-3-10-23(21)24(25)19-28-16-14-27(15-17-28)13-5-7-20-6-4-9-22(26)18-20;/h2-12,18H,13-17,19H2,1H3;1H/b7-5+;. The first-order chi connectivity index (χ1) is 14.2. The van der Waals surface area contributed by atoms with Gasteiger partial charge in [0.15, 0.2) is 0 Å². The molecule has 1 saturated heterocycles. The predicted octanol–water partition coefficient (Wildman–Crippen LogP) is 5.86. The monoisotopic (exact) mass is 486 g/mol. The Morgan fingerprint density at radius 1 is 0.933 bits per heavy atom. The number of halogens is 2. The van der Waals surface area contributed by atoms with Crippen LogP contribution in [0.3, 0.4) is 0 Å². The van der Waals surface area contributed by atoms with E-state index in [-0.39, 0.29) is 12.4 Å². The summed E-state index contributed by atoms with van der Waals surface area (Å²) in [4.78, 5) is 5.06. The molecule has 3 nitrogen and oxygen atoms in total. The zero-order valence-electron chi connectivity index (χ0n) is 17.3. The van der Waals surface area contributed by atoms with E-state index in [2.05, 4.69) is 98.5 Å². The van der Waals surface area contributed by atoms with Gasteiger partial charge in [0.05, 0.1) is 7.11 Å². The third-order valence-corrected chi connectivity index (χ3v) is 6.08. The van der Waals surface area contributed by atoms with Crippen molar-refractivity contribution >= 4 is 45.2 Å². The molecule has 1 heterocycles. The topological polar surface area (TPSA) is 15.7 Å². The Labute approximate surface area is 193 Å². The van der Waals surface area contributed by atoms with Crippen LogP contribution in [0.4, 0.5) is 0 Å². The molecule has 0 atom stereocenters. The number of fused-ring (bicyclic) bond motifs is 1. The summed E-state index contributed by atoms with van der Waals surface area (Å²) in [5, 5.41) is 2.57. The van der Waals surface area contributed by atoms with Crippen LogP contribution in [0.2, 0.25) is 0 Å². The van der Waals surface area contributed by atoms with Gasteiger partial charge in [0.25, 0.3) is 0 Å². The fourth-order valence-electron chi connectivity index (χ4n) is 3.97. The first-order valence-corrected chi connectivity index (χ1v) is 10.9. The van der Waals surface area contributed by atoms with Crippen LogP contribution >= 0.6 is 28.3 Å². The Morgan fingerprint density at radius 2 is 1.70 bits per heavy atom. The Morgan fingerprint density at radius 3 is 2.47 bits per heavy atom. The molecule has 0 radical (unpaired) electrons. The molecule has 1 aliphatic rings. The zero-order valence-corrected chi connectivity index (χ0v) is 19.7. The van der Waals surface area contributed by atoms with Gasteiger partial charge in [-0.2, -0.15) is 0 Å². The fourth-order valence-corrected chi connectivity index (χ4v) is 4.39. The highest BCUT2D eigenvalue weighted by Crippen LogP contribution is 2.29. The smallest absolute Gasteiger partial charge is 0.123 e. The minimum absolute atomic E-state index is 0. The van der Waals surface area contributed by atoms with E-state index in [0.29, 0.717) is 0 Å². The molecule has 1 aliphatic heterocycles. The summed E-state index contributed by atoms with van der Waals surface area (Å²) in [5.41, 5.74) is 2.54. The average molecular weight is 488 g/mol. The maximum atomic E-state index is 5.67. The summed E-state index contributed by atoms with van der Waals surface area (Å²) in [6.07, 6.45) is 4.48. The van der Waals surface area contributed by atoms with Crippen molar-refractivity contribution in [3.8, 4) is 5.75 Å². The molecule has 0 aliphatic carbocycles. The molecule has 0 spiro atoms. The lowest BCUT2D eigenvalue weighted by Crippen LogP contribution is -2.45. The molecule has 30 heavy (non-hydrogen) atoms. The molecule has 0 N–H and O–H groups in total. The number of hydrogen-bond donors (Lipinski definition) is 0. The van der Waals surface area contributed by atoms with Gasteiger partial charge in [-0.25, -0.2) is 0 Å². The van der Waals surface area contributed by atoms with Gasteiger partial charge in [0, 0.05) is 49.3 Å². The first-order valence-electron chi connectivity index (χ1n) is 10.1. The lowest BCUT2D eigenvalue weighted by molar-refractivity contribution is 0.136. The Balaban J connectivity index is 0.00000256. The van der Waals surface area contributed by atoms with Gasteiger partial charge in [0.2, 0.25) is 0 Å². The van der Waals surface area contributed by atoms with E-state index in [4.69, 9.17) is 4.74 Å². The van der Waals surface area contributed by atoms with Gasteiger partial charge in [-0.15, -0.1) is 12.4 Å². The second-order valence-corrected chi connectivity index (χ2v) is 8.42. The van der Waals surface area contributed by atoms with Crippen molar-refractivity contribution in [2.45, 2.75) is 6.54 Å². The maximum Gasteiger partial charge on any atom is 0.123 e. The number of hydrogen-bond acceptors (Lipinski definition) is 3. The minimum Gasteiger partial charge on any atom is -0.496 e. The lowest BCUT2D eigenvalue weighted by atomic mass is 10.0. The lowest BCUT2D eigenvalue weighted by Gasteiger charge is -2.34. The summed E-state index contributed by atoms with van der Waals surface area (Å²) < 4.78 is 6.79. The Kier molecular flexibility index (Phi) is 8.34. The maximum absolute atomic E-state index is 5.67. The third kappa shape index (κ3) is 5.64. The number of ether oxygens (including phenoxy) is 1. The van der Waals surface area contributed by atoms with Crippen molar-refractivity contribution in [1.82, 2.24) is 9.80 Å². The SMILES string of the molecule is COc1ccc2ccccc2c1CN1CCN(C/C=C/c2cccc(Br)c2)CC1.Cl. The van der Waals surface area contributed by atoms with E-state index in [1.165, 1.54) is 21.9 Å². The molecule has 0 unspecified atom stereocenters. The van der Waals surface area contributed by atoms with Gasteiger partial charge < -0.3 is 4.74 Å². The molecule has 4 rings (SSSR count). The van der Waals surface area contributed by atoms with Gasteiger partial charge >= 0.3 is 0 Å². The van der Waals surface area contributed by atoms with Gasteiger partial charge in [0.1, 0.15) is 5.75 Å². The number of methoxy groups -OCH3 is 1. The van der Waals surface area contributed by atoms with E-state index in [1.54, 1.807) is 7.11 Å². The number of nitrogens with zero attached hydrogens (tertiary/aromatic N) is 2. The van der Waals surface area contributed by atoms with E-state index in [9.17, 15) is 0 Å². The molecule has 0 saturated carbocycles. The first kappa shape index (κ1) is 22.8. The summed E-state index contributed by atoms with van der Waals surface area (Å²) in [5.74, 6) is 0.989. The molecule has 0 bridgehead atoms. The summed E-state index contributed by atoms with van der Waals surface area (Å²) >= 11 is 3.53. The van der Waals surface area contributed by atoms with Crippen LogP contribution < -0.4 is 4.74 Å². The highest BCUT2D eigenvalue weighted by molar-refractivity contribution is 9.10. The van der Waals surface area contributed by atoms with Gasteiger partial charge in [-0.1, -0.05) is 70.5 Å². The van der Waals surface area contributed by atoms with Crippen molar-refractivity contribution in [1.29, 1.82) is 0 Å². The Hall–Kier alpha value is -1.85. The molecular formula is C25H28BrClN2O. The van der Waals surface area contributed by atoms with Crippen LogP contribution in [0.5, 0.6) is 5.75 Å². The summed E-state index contributed by atoms with van der Waals surface area (Å²) in [7, 11) is 1.77. The van der Waals surface area contributed by atoms with E-state index >= 15 is 0 Å². The summed E-state index contributed by atoms with van der Waals surface area (Å²) in [6, 6.07) is 21.2. The van der Waals surface area contributed by atoms with Crippen molar-refractivity contribution in [3.05, 3.63) is 82.3 Å². The fraction of sp³-hybridized carbons (Fsp3) is 0.280. The van der Waals surface area contributed by atoms with Crippen LogP contribution in [0, 0.1) is 0 Å². The largest absolute Gasteiger partial charge is 0.496 e. The van der Waals surface area contributed by atoms with E-state index in [0.717, 1.165) is 49.5 Å². The van der Waals surface area contributed by atoms with E-state index in [1.807, 2.05) is 0 Å². The average Bonchev–Trinajstić information content (AvgIpc) is 2.75. The number of piperazine rings is 1. The van der Waals surface area contributed by atoms with Crippen LogP contribution in [0.1, 0.15) is 11.1 Å². The van der Waals surface area contributed by atoms with Crippen LogP contribution in [0.25, 0.3) is 16.8 Å². The third-order valence-electron chi connectivity index (χ3n) is 5.59. The molecule has 1 fully saturated rings. The van der Waals surface area contributed by atoms with Crippen LogP contribution in [0.15, 0.2) is 71.2 Å². The molecule has 0 amide bonds. The highest BCUT2D eigenvalue weighted by Gasteiger charge is 2.18. The van der Waals surface area contributed by atoms with E-state index < -0.39 is 0 Å². The van der Waals surface area contributed by atoms with Crippen molar-refractivity contribution in [2.75, 3.05) is 39.8 Å². The molecule has 3 aromatic carbocycles. The quantitative estimate of drug-likeness (QED) is 0.433. The predicted molar refractivity (Wildman–Crippen MR) is 133 cm³/mol. The normalized spacial score (nSPS) is 15.4. The Bertz CT molecular complexity index is 999.